The molecule has 2 rings (SSSR count). The molecular formula is C11H12O4S. The van der Waals surface area contributed by atoms with Gasteiger partial charge in [-0.05, 0) is 42.5 Å². The molecular weight excluding hydrogens is 228 g/mol. The van der Waals surface area contributed by atoms with Crippen molar-refractivity contribution in [1.29, 1.82) is 0 Å². The number of carboxylic acids is 1. The fraction of sp³-hybridized carbons (Fsp3) is 0.364. The van der Waals surface area contributed by atoms with Gasteiger partial charge < -0.3 is 5.11 Å². The summed E-state index contributed by atoms with van der Waals surface area (Å²) in [6.45, 7) is 0. The first kappa shape index (κ1) is 11.1. The second-order valence-electron chi connectivity index (χ2n) is 4.14. The Labute approximate surface area is 93.8 Å². The number of hydrogen-bond donors (Lipinski definition) is 1. The Kier molecular flexibility index (Phi) is 2.50. The SMILES string of the molecule is CS(=O)(=O)c1cc(C(=O)O)cc(C2CC2)c1. The number of sulfone groups is 1. The standard InChI is InChI=1S/C11H12O4S/c1-16(14,15)10-5-8(7-2-3-7)4-9(6-10)11(12)13/h4-7H,2-3H2,1H3,(H,12,13). The Morgan fingerprint density at radius 1 is 1.31 bits per heavy atom. The van der Waals surface area contributed by atoms with Gasteiger partial charge >= 0.3 is 5.97 Å². The van der Waals surface area contributed by atoms with Crippen molar-refractivity contribution < 1.29 is 18.3 Å². The third-order valence-corrected chi connectivity index (χ3v) is 3.74. The molecule has 0 bridgehead atoms. The summed E-state index contributed by atoms with van der Waals surface area (Å²) in [5, 5.41) is 8.91. The number of aromatic carboxylic acids is 1. The number of rotatable bonds is 3. The molecule has 1 aromatic carbocycles. The van der Waals surface area contributed by atoms with Crippen molar-refractivity contribution in [3.8, 4) is 0 Å². The molecule has 16 heavy (non-hydrogen) atoms. The molecule has 0 saturated heterocycles. The maximum Gasteiger partial charge on any atom is 0.335 e. The lowest BCUT2D eigenvalue weighted by molar-refractivity contribution is 0.0696. The minimum atomic E-state index is -3.35. The first-order chi connectivity index (χ1) is 7.38. The molecule has 0 amide bonds. The molecule has 1 saturated carbocycles. The van der Waals surface area contributed by atoms with E-state index in [9.17, 15) is 13.2 Å². The zero-order valence-corrected chi connectivity index (χ0v) is 9.62. The quantitative estimate of drug-likeness (QED) is 0.872. The van der Waals surface area contributed by atoms with E-state index in [0.717, 1.165) is 24.7 Å². The number of carboxylic acid groups (broad SMARTS) is 1. The Hall–Kier alpha value is -1.36. The molecule has 0 aliphatic heterocycles. The normalized spacial score (nSPS) is 16.1. The summed E-state index contributed by atoms with van der Waals surface area (Å²) >= 11 is 0. The van der Waals surface area contributed by atoms with Crippen LogP contribution in [0.3, 0.4) is 0 Å². The van der Waals surface area contributed by atoms with Crippen LogP contribution >= 0.6 is 0 Å². The lowest BCUT2D eigenvalue weighted by atomic mass is 10.1. The average Bonchev–Trinajstić information content (AvgIpc) is 2.98. The van der Waals surface area contributed by atoms with Crippen LogP contribution in [0.1, 0.15) is 34.7 Å². The molecule has 1 aliphatic carbocycles. The largest absolute Gasteiger partial charge is 0.478 e. The van der Waals surface area contributed by atoms with Crippen LogP contribution in [0.25, 0.3) is 0 Å². The van der Waals surface area contributed by atoms with Crippen LogP contribution in [0, 0.1) is 0 Å². The predicted octanol–water partition coefficient (Wildman–Crippen LogP) is 1.67. The molecule has 0 heterocycles. The second kappa shape index (κ2) is 3.59. The smallest absolute Gasteiger partial charge is 0.335 e. The van der Waals surface area contributed by atoms with E-state index >= 15 is 0 Å². The second-order valence-corrected chi connectivity index (χ2v) is 6.16. The first-order valence-corrected chi connectivity index (χ1v) is 6.85. The third-order valence-electron chi connectivity index (χ3n) is 2.65. The molecule has 1 aromatic rings. The first-order valence-electron chi connectivity index (χ1n) is 4.96. The van der Waals surface area contributed by atoms with E-state index in [2.05, 4.69) is 0 Å². The number of hydrogen-bond acceptors (Lipinski definition) is 3. The van der Waals surface area contributed by atoms with Crippen LogP contribution in [-0.2, 0) is 9.84 Å². The molecule has 0 atom stereocenters. The Morgan fingerprint density at radius 3 is 2.38 bits per heavy atom. The highest BCUT2D eigenvalue weighted by Crippen LogP contribution is 2.41. The van der Waals surface area contributed by atoms with Gasteiger partial charge in [-0.15, -0.1) is 0 Å². The van der Waals surface area contributed by atoms with Gasteiger partial charge in [0, 0.05) is 6.26 Å². The molecule has 5 heteroatoms. The maximum absolute atomic E-state index is 11.4. The predicted molar refractivity (Wildman–Crippen MR) is 58.5 cm³/mol. The minimum Gasteiger partial charge on any atom is -0.478 e. The van der Waals surface area contributed by atoms with Gasteiger partial charge in [-0.3, -0.25) is 0 Å². The van der Waals surface area contributed by atoms with E-state index in [1.54, 1.807) is 12.1 Å². The fourth-order valence-corrected chi connectivity index (χ4v) is 2.30. The molecule has 0 radical (unpaired) electrons. The molecule has 1 fully saturated rings. The van der Waals surface area contributed by atoms with Crippen LogP contribution in [0.4, 0.5) is 0 Å². The van der Waals surface area contributed by atoms with Gasteiger partial charge in [0.1, 0.15) is 0 Å². The zero-order valence-electron chi connectivity index (χ0n) is 8.80. The van der Waals surface area contributed by atoms with E-state index in [4.69, 9.17) is 5.11 Å². The van der Waals surface area contributed by atoms with Gasteiger partial charge in [0.2, 0.25) is 0 Å². The molecule has 0 aromatic heterocycles. The minimum absolute atomic E-state index is 0.0461. The van der Waals surface area contributed by atoms with E-state index in [1.165, 1.54) is 6.07 Å². The number of carbonyl (C=O) groups is 1. The summed E-state index contributed by atoms with van der Waals surface area (Å²) in [7, 11) is -3.35. The molecule has 1 N–H and O–H groups in total. The van der Waals surface area contributed by atoms with Crippen molar-refractivity contribution in [2.24, 2.45) is 0 Å². The van der Waals surface area contributed by atoms with Crippen LogP contribution < -0.4 is 0 Å². The summed E-state index contributed by atoms with van der Waals surface area (Å²) in [6.07, 6.45) is 3.10. The third kappa shape index (κ3) is 2.24. The van der Waals surface area contributed by atoms with Crippen LogP contribution in [-0.4, -0.2) is 25.7 Å². The monoisotopic (exact) mass is 240 g/mol. The lowest BCUT2D eigenvalue weighted by Crippen LogP contribution is -2.03. The summed E-state index contributed by atoms with van der Waals surface area (Å²) in [6, 6.07) is 4.36. The molecule has 86 valence electrons. The Morgan fingerprint density at radius 2 is 1.94 bits per heavy atom. The van der Waals surface area contributed by atoms with Crippen molar-refractivity contribution in [2.75, 3.05) is 6.26 Å². The van der Waals surface area contributed by atoms with Gasteiger partial charge in [0.25, 0.3) is 0 Å². The number of benzene rings is 1. The summed E-state index contributed by atoms with van der Waals surface area (Å²) in [5.41, 5.74) is 0.866. The van der Waals surface area contributed by atoms with Crippen molar-refractivity contribution in [3.63, 3.8) is 0 Å². The zero-order chi connectivity index (χ0) is 11.9. The molecule has 0 unspecified atom stereocenters. The molecule has 1 aliphatic rings. The van der Waals surface area contributed by atoms with Gasteiger partial charge in [-0.1, -0.05) is 0 Å². The average molecular weight is 240 g/mol. The van der Waals surface area contributed by atoms with Gasteiger partial charge in [0.15, 0.2) is 9.84 Å². The van der Waals surface area contributed by atoms with E-state index in [-0.39, 0.29) is 10.5 Å². The van der Waals surface area contributed by atoms with Gasteiger partial charge in [-0.2, -0.15) is 0 Å². The summed E-state index contributed by atoms with van der Waals surface area (Å²) in [5.74, 6) is -0.757. The van der Waals surface area contributed by atoms with Crippen LogP contribution in [0.5, 0.6) is 0 Å². The summed E-state index contributed by atoms with van der Waals surface area (Å²) < 4.78 is 22.8. The maximum atomic E-state index is 11.4. The fourth-order valence-electron chi connectivity index (χ4n) is 1.61. The van der Waals surface area contributed by atoms with Crippen molar-refractivity contribution in [3.05, 3.63) is 29.3 Å². The van der Waals surface area contributed by atoms with Crippen molar-refractivity contribution in [1.82, 2.24) is 0 Å². The highest BCUT2D eigenvalue weighted by Gasteiger charge is 2.26. The van der Waals surface area contributed by atoms with Crippen molar-refractivity contribution >= 4 is 15.8 Å². The highest BCUT2D eigenvalue weighted by molar-refractivity contribution is 7.90. The topological polar surface area (TPSA) is 71.4 Å². The Bertz CT molecular complexity index is 541. The summed E-state index contributed by atoms with van der Waals surface area (Å²) in [4.78, 5) is 11.0. The molecule has 4 nitrogen and oxygen atoms in total. The van der Waals surface area contributed by atoms with Gasteiger partial charge in [0.05, 0.1) is 10.5 Å². The van der Waals surface area contributed by atoms with Crippen molar-refractivity contribution in [2.45, 2.75) is 23.7 Å². The van der Waals surface area contributed by atoms with Crippen LogP contribution in [0.2, 0.25) is 0 Å². The molecule has 0 spiro atoms. The van der Waals surface area contributed by atoms with E-state index in [0.29, 0.717) is 5.92 Å². The lowest BCUT2D eigenvalue weighted by Gasteiger charge is -2.05. The van der Waals surface area contributed by atoms with E-state index < -0.39 is 15.8 Å². The van der Waals surface area contributed by atoms with Gasteiger partial charge in [-0.25, -0.2) is 13.2 Å². The van der Waals surface area contributed by atoms with Crippen LogP contribution in [0.15, 0.2) is 23.1 Å². The highest BCUT2D eigenvalue weighted by atomic mass is 32.2. The van der Waals surface area contributed by atoms with E-state index in [1.807, 2.05) is 0 Å². The Balaban J connectivity index is 2.57.